The maximum absolute atomic E-state index is 11.5. The zero-order valence-corrected chi connectivity index (χ0v) is 10.9. The molecule has 2 N–H and O–H groups in total. The van der Waals surface area contributed by atoms with E-state index in [0.717, 1.165) is 0 Å². The fourth-order valence-corrected chi connectivity index (χ4v) is 1.49. The molecule has 0 saturated carbocycles. The second-order valence-corrected chi connectivity index (χ2v) is 3.55. The molecule has 0 fully saturated rings. The highest BCUT2D eigenvalue weighted by molar-refractivity contribution is 6.05. The van der Waals surface area contributed by atoms with Gasteiger partial charge < -0.3 is 19.9 Å². The highest BCUT2D eigenvalue weighted by Crippen LogP contribution is 2.33. The van der Waals surface area contributed by atoms with E-state index in [4.69, 9.17) is 14.6 Å². The number of aromatic carboxylic acids is 1. The van der Waals surface area contributed by atoms with E-state index in [1.54, 1.807) is 13.0 Å². The van der Waals surface area contributed by atoms with Crippen molar-refractivity contribution in [2.24, 2.45) is 0 Å². The minimum atomic E-state index is -1.17. The van der Waals surface area contributed by atoms with Gasteiger partial charge in [0.2, 0.25) is 5.91 Å². The smallest absolute Gasteiger partial charge is 0.337 e. The number of hydrogen-bond acceptors (Lipinski definition) is 4. The largest absolute Gasteiger partial charge is 0.493 e. The SMILES string of the molecule is CC=CC(=O)Nc1cc(OC)c(OC)cc1C(=O)O. The maximum Gasteiger partial charge on any atom is 0.337 e. The number of carboxylic acid groups (broad SMARTS) is 1. The number of hydrogen-bond donors (Lipinski definition) is 2. The van der Waals surface area contributed by atoms with E-state index in [9.17, 15) is 9.59 Å². The van der Waals surface area contributed by atoms with Crippen LogP contribution in [0.4, 0.5) is 5.69 Å². The number of amides is 1. The van der Waals surface area contributed by atoms with Gasteiger partial charge in [0.15, 0.2) is 11.5 Å². The number of allylic oxidation sites excluding steroid dienone is 1. The molecule has 0 spiro atoms. The summed E-state index contributed by atoms with van der Waals surface area (Å²) in [5.74, 6) is -0.971. The van der Waals surface area contributed by atoms with Gasteiger partial charge in [0.05, 0.1) is 25.5 Å². The van der Waals surface area contributed by atoms with Crippen LogP contribution in [-0.4, -0.2) is 31.2 Å². The van der Waals surface area contributed by atoms with Crippen LogP contribution in [0.15, 0.2) is 24.3 Å². The minimum Gasteiger partial charge on any atom is -0.493 e. The zero-order chi connectivity index (χ0) is 14.4. The van der Waals surface area contributed by atoms with E-state index >= 15 is 0 Å². The molecule has 1 aromatic rings. The van der Waals surface area contributed by atoms with Crippen LogP contribution in [0.1, 0.15) is 17.3 Å². The molecule has 0 aliphatic rings. The molecule has 102 valence electrons. The molecule has 0 aliphatic carbocycles. The molecule has 0 heterocycles. The van der Waals surface area contributed by atoms with Crippen LogP contribution in [0.2, 0.25) is 0 Å². The molecule has 0 saturated heterocycles. The predicted molar refractivity (Wildman–Crippen MR) is 69.9 cm³/mol. The molecular formula is C13H15NO5. The summed E-state index contributed by atoms with van der Waals surface area (Å²) in [6.45, 7) is 1.69. The standard InChI is InChI=1S/C13H15NO5/c1-4-5-12(15)14-9-7-11(19-3)10(18-2)6-8(9)13(16)17/h4-7H,1-3H3,(H,14,15)(H,16,17). The average Bonchev–Trinajstić information content (AvgIpc) is 2.38. The highest BCUT2D eigenvalue weighted by atomic mass is 16.5. The minimum absolute atomic E-state index is 0.0736. The van der Waals surface area contributed by atoms with E-state index in [1.807, 2.05) is 0 Å². The lowest BCUT2D eigenvalue weighted by atomic mass is 10.1. The second kappa shape index (κ2) is 6.44. The van der Waals surface area contributed by atoms with Crippen molar-refractivity contribution in [1.82, 2.24) is 0 Å². The van der Waals surface area contributed by atoms with Crippen LogP contribution < -0.4 is 14.8 Å². The number of carbonyl (C=O) groups is 2. The first-order valence-corrected chi connectivity index (χ1v) is 5.46. The van der Waals surface area contributed by atoms with Gasteiger partial charge in [-0.05, 0) is 13.0 Å². The third-order valence-corrected chi connectivity index (χ3v) is 2.33. The summed E-state index contributed by atoms with van der Waals surface area (Å²) in [7, 11) is 2.83. The normalized spacial score (nSPS) is 10.3. The van der Waals surface area contributed by atoms with Crippen LogP contribution in [-0.2, 0) is 4.79 Å². The van der Waals surface area contributed by atoms with Gasteiger partial charge in [-0.25, -0.2) is 4.79 Å². The zero-order valence-electron chi connectivity index (χ0n) is 10.9. The molecule has 6 heteroatoms. The van der Waals surface area contributed by atoms with Crippen molar-refractivity contribution in [2.75, 3.05) is 19.5 Å². The van der Waals surface area contributed by atoms with E-state index in [2.05, 4.69) is 5.32 Å². The Bertz CT molecular complexity index is 522. The lowest BCUT2D eigenvalue weighted by Crippen LogP contribution is -2.12. The fourth-order valence-electron chi connectivity index (χ4n) is 1.49. The number of nitrogens with one attached hydrogen (secondary N) is 1. The van der Waals surface area contributed by atoms with Crippen LogP contribution in [0, 0.1) is 0 Å². The predicted octanol–water partition coefficient (Wildman–Crippen LogP) is 1.92. The summed E-state index contributed by atoms with van der Waals surface area (Å²) < 4.78 is 10.1. The molecule has 1 rings (SSSR count). The van der Waals surface area contributed by atoms with E-state index in [-0.39, 0.29) is 17.0 Å². The van der Waals surface area contributed by atoms with Gasteiger partial charge in [-0.3, -0.25) is 4.79 Å². The summed E-state index contributed by atoms with van der Waals surface area (Å²) in [5, 5.41) is 11.6. The van der Waals surface area contributed by atoms with Crippen molar-refractivity contribution in [3.05, 3.63) is 29.8 Å². The van der Waals surface area contributed by atoms with Crippen molar-refractivity contribution in [3.63, 3.8) is 0 Å². The first-order valence-electron chi connectivity index (χ1n) is 5.46. The van der Waals surface area contributed by atoms with Gasteiger partial charge in [0.25, 0.3) is 0 Å². The van der Waals surface area contributed by atoms with Crippen molar-refractivity contribution in [2.45, 2.75) is 6.92 Å². The molecule has 1 amide bonds. The molecule has 0 unspecified atom stereocenters. The summed E-state index contributed by atoms with van der Waals surface area (Å²) in [4.78, 5) is 22.6. The molecule has 0 bridgehead atoms. The Labute approximate surface area is 110 Å². The van der Waals surface area contributed by atoms with Gasteiger partial charge in [-0.15, -0.1) is 0 Å². The summed E-state index contributed by atoms with van der Waals surface area (Å²) in [6, 6.07) is 2.70. The van der Waals surface area contributed by atoms with Crippen molar-refractivity contribution in [3.8, 4) is 11.5 Å². The van der Waals surface area contributed by atoms with Crippen molar-refractivity contribution < 1.29 is 24.2 Å². The van der Waals surface area contributed by atoms with E-state index in [1.165, 1.54) is 32.4 Å². The third kappa shape index (κ3) is 3.48. The Morgan fingerprint density at radius 1 is 1.21 bits per heavy atom. The van der Waals surface area contributed by atoms with Crippen LogP contribution in [0.25, 0.3) is 0 Å². The van der Waals surface area contributed by atoms with Gasteiger partial charge in [0, 0.05) is 12.1 Å². The van der Waals surface area contributed by atoms with E-state index in [0.29, 0.717) is 5.75 Å². The Morgan fingerprint density at radius 2 is 1.79 bits per heavy atom. The first-order chi connectivity index (χ1) is 9.03. The van der Waals surface area contributed by atoms with Crippen LogP contribution in [0.3, 0.4) is 0 Å². The summed E-state index contributed by atoms with van der Waals surface area (Å²) in [5.41, 5.74) is 0.0729. The van der Waals surface area contributed by atoms with Gasteiger partial charge >= 0.3 is 5.97 Å². The molecule has 0 aliphatic heterocycles. The third-order valence-electron chi connectivity index (χ3n) is 2.33. The quantitative estimate of drug-likeness (QED) is 0.794. The molecule has 0 radical (unpaired) electrons. The van der Waals surface area contributed by atoms with Crippen LogP contribution in [0.5, 0.6) is 11.5 Å². The number of ether oxygens (including phenoxy) is 2. The Balaban J connectivity index is 3.27. The Morgan fingerprint density at radius 3 is 2.26 bits per heavy atom. The average molecular weight is 265 g/mol. The molecule has 0 atom stereocenters. The molecular weight excluding hydrogens is 250 g/mol. The first kappa shape index (κ1) is 14.6. The lowest BCUT2D eigenvalue weighted by Gasteiger charge is -2.12. The molecule has 19 heavy (non-hydrogen) atoms. The van der Waals surface area contributed by atoms with Crippen LogP contribution >= 0.6 is 0 Å². The van der Waals surface area contributed by atoms with Gasteiger partial charge in [-0.2, -0.15) is 0 Å². The number of anilines is 1. The van der Waals surface area contributed by atoms with Gasteiger partial charge in [-0.1, -0.05) is 6.08 Å². The van der Waals surface area contributed by atoms with Crippen molar-refractivity contribution >= 4 is 17.6 Å². The number of carboxylic acids is 1. The molecule has 0 aromatic heterocycles. The molecule has 1 aromatic carbocycles. The maximum atomic E-state index is 11.5. The summed E-state index contributed by atoms with van der Waals surface area (Å²) >= 11 is 0. The highest BCUT2D eigenvalue weighted by Gasteiger charge is 2.17. The Kier molecular flexibility index (Phi) is 4.93. The summed E-state index contributed by atoms with van der Waals surface area (Å²) in [6.07, 6.45) is 2.85. The number of carbonyl (C=O) groups excluding carboxylic acids is 1. The number of methoxy groups -OCH3 is 2. The lowest BCUT2D eigenvalue weighted by molar-refractivity contribution is -0.111. The number of rotatable bonds is 5. The fraction of sp³-hybridized carbons (Fsp3) is 0.231. The molecule has 6 nitrogen and oxygen atoms in total. The monoisotopic (exact) mass is 265 g/mol. The number of benzene rings is 1. The van der Waals surface area contributed by atoms with Gasteiger partial charge in [0.1, 0.15) is 0 Å². The second-order valence-electron chi connectivity index (χ2n) is 3.55. The van der Waals surface area contributed by atoms with Crippen molar-refractivity contribution in [1.29, 1.82) is 0 Å². The topological polar surface area (TPSA) is 84.9 Å². The Hall–Kier alpha value is -2.50. The van der Waals surface area contributed by atoms with E-state index < -0.39 is 11.9 Å².